The molecule has 1 aromatic rings. The van der Waals surface area contributed by atoms with Gasteiger partial charge in [-0.05, 0) is 50.5 Å². The van der Waals surface area contributed by atoms with E-state index in [4.69, 9.17) is 4.74 Å². The summed E-state index contributed by atoms with van der Waals surface area (Å²) in [5.41, 5.74) is 0.744. The van der Waals surface area contributed by atoms with E-state index in [1.54, 1.807) is 43.2 Å². The van der Waals surface area contributed by atoms with Crippen molar-refractivity contribution < 1.29 is 19.1 Å². The van der Waals surface area contributed by atoms with Gasteiger partial charge in [-0.15, -0.1) is 0 Å². The number of methoxy groups -OCH3 is 1. The second kappa shape index (κ2) is 8.41. The summed E-state index contributed by atoms with van der Waals surface area (Å²) in [4.78, 5) is 40.8. The molecule has 1 aromatic carbocycles. The lowest BCUT2D eigenvalue weighted by atomic mass is 10.1. The van der Waals surface area contributed by atoms with Crippen molar-refractivity contribution >= 4 is 23.4 Å². The maximum Gasteiger partial charge on any atom is 0.244 e. The molecular formula is C20H27N3O4. The van der Waals surface area contributed by atoms with Crippen LogP contribution in [0.4, 0.5) is 5.69 Å². The molecule has 0 spiro atoms. The Hall–Kier alpha value is -2.57. The van der Waals surface area contributed by atoms with E-state index < -0.39 is 12.0 Å². The molecule has 146 valence electrons. The minimum Gasteiger partial charge on any atom is -0.497 e. The maximum absolute atomic E-state index is 12.6. The van der Waals surface area contributed by atoms with Crippen LogP contribution in [0.1, 0.15) is 32.6 Å². The van der Waals surface area contributed by atoms with Gasteiger partial charge in [-0.2, -0.15) is 0 Å². The van der Waals surface area contributed by atoms with E-state index in [0.717, 1.165) is 38.0 Å². The van der Waals surface area contributed by atoms with E-state index in [-0.39, 0.29) is 24.1 Å². The molecule has 0 aliphatic carbocycles. The Labute approximate surface area is 159 Å². The molecule has 3 amide bonds. The zero-order valence-electron chi connectivity index (χ0n) is 15.9. The predicted molar refractivity (Wildman–Crippen MR) is 101 cm³/mol. The lowest BCUT2D eigenvalue weighted by Gasteiger charge is -2.29. The molecule has 2 heterocycles. The number of rotatable bonds is 5. The lowest BCUT2D eigenvalue weighted by molar-refractivity contribution is -0.137. The standard InChI is InChI=1S/C20H27N3O4/c1-14(20(26)22-10-4-3-5-11-22)21-19(25)15-12-18(24)23(13-15)16-6-8-17(27-2)9-7-16/h6-9,14-15H,3-5,10-13H2,1-2H3,(H,21,25)/t14-,15?/m1/s1. The smallest absolute Gasteiger partial charge is 0.244 e. The van der Waals surface area contributed by atoms with Crippen molar-refractivity contribution in [1.82, 2.24) is 10.2 Å². The Morgan fingerprint density at radius 3 is 2.44 bits per heavy atom. The number of amides is 3. The van der Waals surface area contributed by atoms with E-state index >= 15 is 0 Å². The molecule has 7 heteroatoms. The minimum atomic E-state index is -0.569. The highest BCUT2D eigenvalue weighted by Crippen LogP contribution is 2.27. The summed E-state index contributed by atoms with van der Waals surface area (Å²) in [6, 6.07) is 6.62. The van der Waals surface area contributed by atoms with E-state index in [1.807, 2.05) is 4.90 Å². The first-order chi connectivity index (χ1) is 13.0. The fraction of sp³-hybridized carbons (Fsp3) is 0.550. The maximum atomic E-state index is 12.6. The number of carbonyl (C=O) groups is 3. The zero-order valence-corrected chi connectivity index (χ0v) is 15.9. The normalized spacial score (nSPS) is 21.1. The molecular weight excluding hydrogens is 346 g/mol. The number of benzene rings is 1. The first-order valence-corrected chi connectivity index (χ1v) is 9.53. The van der Waals surface area contributed by atoms with Crippen LogP contribution >= 0.6 is 0 Å². The van der Waals surface area contributed by atoms with E-state index in [9.17, 15) is 14.4 Å². The van der Waals surface area contributed by atoms with Gasteiger partial charge in [0.2, 0.25) is 17.7 Å². The number of hydrogen-bond acceptors (Lipinski definition) is 4. The molecule has 0 aromatic heterocycles. The molecule has 27 heavy (non-hydrogen) atoms. The van der Waals surface area contributed by atoms with Crippen molar-refractivity contribution in [2.75, 3.05) is 31.6 Å². The molecule has 2 saturated heterocycles. The van der Waals surface area contributed by atoms with Crippen molar-refractivity contribution in [2.45, 2.75) is 38.6 Å². The first kappa shape index (κ1) is 19.2. The number of nitrogens with zero attached hydrogens (tertiary/aromatic N) is 2. The van der Waals surface area contributed by atoms with Gasteiger partial charge in [0.1, 0.15) is 11.8 Å². The third kappa shape index (κ3) is 4.40. The summed E-state index contributed by atoms with van der Waals surface area (Å²) >= 11 is 0. The summed E-state index contributed by atoms with van der Waals surface area (Å²) in [5.74, 6) is -0.104. The van der Waals surface area contributed by atoms with Gasteiger partial charge in [-0.3, -0.25) is 14.4 Å². The molecule has 0 bridgehead atoms. The topological polar surface area (TPSA) is 79.0 Å². The molecule has 3 rings (SSSR count). The molecule has 2 aliphatic heterocycles. The third-order valence-electron chi connectivity index (χ3n) is 5.28. The second-order valence-corrected chi connectivity index (χ2v) is 7.22. The quantitative estimate of drug-likeness (QED) is 0.850. The number of nitrogens with one attached hydrogen (secondary N) is 1. The van der Waals surface area contributed by atoms with Gasteiger partial charge in [0.05, 0.1) is 13.0 Å². The van der Waals surface area contributed by atoms with Crippen molar-refractivity contribution in [3.05, 3.63) is 24.3 Å². The molecule has 2 aliphatic rings. The molecule has 2 fully saturated rings. The van der Waals surface area contributed by atoms with E-state index in [0.29, 0.717) is 12.3 Å². The SMILES string of the molecule is COc1ccc(N2CC(C(=O)N[C@H](C)C(=O)N3CCCCC3)CC2=O)cc1. The Kier molecular flexibility index (Phi) is 5.98. The summed E-state index contributed by atoms with van der Waals surface area (Å²) in [6.45, 7) is 3.55. The van der Waals surface area contributed by atoms with Crippen molar-refractivity contribution in [3.8, 4) is 5.75 Å². The highest BCUT2D eigenvalue weighted by atomic mass is 16.5. The van der Waals surface area contributed by atoms with Crippen LogP contribution in [-0.2, 0) is 14.4 Å². The van der Waals surface area contributed by atoms with Gasteiger partial charge in [-0.25, -0.2) is 0 Å². The molecule has 1 N–H and O–H groups in total. The average Bonchev–Trinajstić information content (AvgIpc) is 3.10. The average molecular weight is 373 g/mol. The Morgan fingerprint density at radius 2 is 1.81 bits per heavy atom. The van der Waals surface area contributed by atoms with Crippen LogP contribution in [0.25, 0.3) is 0 Å². The summed E-state index contributed by atoms with van der Waals surface area (Å²) < 4.78 is 5.13. The fourth-order valence-corrected chi connectivity index (χ4v) is 3.68. The molecule has 1 unspecified atom stereocenters. The lowest BCUT2D eigenvalue weighted by Crippen LogP contribution is -2.50. The van der Waals surface area contributed by atoms with Crippen LogP contribution in [-0.4, -0.2) is 55.4 Å². The van der Waals surface area contributed by atoms with Gasteiger partial charge < -0.3 is 19.9 Å². The van der Waals surface area contributed by atoms with Crippen LogP contribution in [0.2, 0.25) is 0 Å². The Morgan fingerprint density at radius 1 is 1.15 bits per heavy atom. The molecule has 2 atom stereocenters. The highest BCUT2D eigenvalue weighted by Gasteiger charge is 2.36. The minimum absolute atomic E-state index is 0.0422. The number of piperidine rings is 1. The predicted octanol–water partition coefficient (Wildman–Crippen LogP) is 1.57. The monoisotopic (exact) mass is 373 g/mol. The van der Waals surface area contributed by atoms with E-state index in [1.165, 1.54) is 0 Å². The van der Waals surface area contributed by atoms with Crippen LogP contribution in [0.15, 0.2) is 24.3 Å². The van der Waals surface area contributed by atoms with Gasteiger partial charge >= 0.3 is 0 Å². The van der Waals surface area contributed by atoms with Crippen LogP contribution in [0, 0.1) is 5.92 Å². The van der Waals surface area contributed by atoms with Gasteiger partial charge in [-0.1, -0.05) is 0 Å². The van der Waals surface area contributed by atoms with E-state index in [2.05, 4.69) is 5.32 Å². The number of ether oxygens (including phenoxy) is 1. The largest absolute Gasteiger partial charge is 0.497 e. The van der Waals surface area contributed by atoms with Crippen molar-refractivity contribution in [3.63, 3.8) is 0 Å². The Balaban J connectivity index is 1.57. The first-order valence-electron chi connectivity index (χ1n) is 9.53. The van der Waals surface area contributed by atoms with Crippen molar-refractivity contribution in [1.29, 1.82) is 0 Å². The number of anilines is 1. The van der Waals surface area contributed by atoms with Gasteiger partial charge in [0.15, 0.2) is 0 Å². The molecule has 7 nitrogen and oxygen atoms in total. The highest BCUT2D eigenvalue weighted by molar-refractivity contribution is 6.01. The number of carbonyl (C=O) groups excluding carboxylic acids is 3. The summed E-state index contributed by atoms with van der Waals surface area (Å²) in [7, 11) is 1.59. The molecule has 0 saturated carbocycles. The van der Waals surface area contributed by atoms with Crippen molar-refractivity contribution in [2.24, 2.45) is 5.92 Å². The number of likely N-dealkylation sites (tertiary alicyclic amines) is 1. The molecule has 0 radical (unpaired) electrons. The number of hydrogen-bond donors (Lipinski definition) is 1. The summed E-state index contributed by atoms with van der Waals surface area (Å²) in [6.07, 6.45) is 3.33. The summed E-state index contributed by atoms with van der Waals surface area (Å²) in [5, 5.41) is 2.80. The zero-order chi connectivity index (χ0) is 19.4. The van der Waals surface area contributed by atoms with Gasteiger partial charge in [0.25, 0.3) is 0 Å². The van der Waals surface area contributed by atoms with Crippen LogP contribution < -0.4 is 15.0 Å². The third-order valence-corrected chi connectivity index (χ3v) is 5.28. The second-order valence-electron chi connectivity index (χ2n) is 7.22. The van der Waals surface area contributed by atoms with Gasteiger partial charge in [0, 0.05) is 31.7 Å². The van der Waals surface area contributed by atoms with Crippen LogP contribution in [0.5, 0.6) is 5.75 Å². The van der Waals surface area contributed by atoms with Crippen LogP contribution in [0.3, 0.4) is 0 Å². The fourth-order valence-electron chi connectivity index (χ4n) is 3.68. The Bertz CT molecular complexity index is 698.